The van der Waals surface area contributed by atoms with Crippen molar-refractivity contribution in [2.24, 2.45) is 5.10 Å². The largest absolute Gasteiger partial charge is 0.462 e. The molecule has 2 aromatic carbocycles. The topological polar surface area (TPSA) is 205 Å². The molecule has 4 aromatic rings. The van der Waals surface area contributed by atoms with E-state index in [4.69, 9.17) is 24.5 Å². The van der Waals surface area contributed by atoms with Gasteiger partial charge in [0.2, 0.25) is 6.29 Å². The summed E-state index contributed by atoms with van der Waals surface area (Å²) < 4.78 is 14.0. The number of ether oxygens (including phenoxy) is 2. The van der Waals surface area contributed by atoms with Crippen LogP contribution in [0.25, 0.3) is 16.7 Å². The minimum atomic E-state index is -1.52. The first kappa shape index (κ1) is 28.4. The molecule has 5 rings (SSSR count). The summed E-state index contributed by atoms with van der Waals surface area (Å²) in [5.41, 5.74) is 2.92. The monoisotopic (exact) mass is 550 g/mol. The molecule has 0 bridgehead atoms. The van der Waals surface area contributed by atoms with Crippen LogP contribution < -0.4 is 10.2 Å². The van der Waals surface area contributed by atoms with Gasteiger partial charge in [0.1, 0.15) is 36.5 Å². The van der Waals surface area contributed by atoms with E-state index in [-0.39, 0.29) is 11.6 Å². The molecular weight excluding hydrogens is 524 g/mol. The minimum Gasteiger partial charge on any atom is -0.462 e. The summed E-state index contributed by atoms with van der Waals surface area (Å²) in [5.74, 6) is 0.336. The molecule has 3 heterocycles. The predicted octanol–water partition coefficient (Wildman–Crippen LogP) is -0.513. The first-order valence-electron chi connectivity index (χ1n) is 12.0. The van der Waals surface area contributed by atoms with Gasteiger partial charge in [0, 0.05) is 0 Å². The molecule has 14 nitrogen and oxygen atoms in total. The van der Waals surface area contributed by atoms with Crippen LogP contribution in [0.1, 0.15) is 11.3 Å². The third kappa shape index (κ3) is 5.87. The van der Waals surface area contributed by atoms with E-state index in [0.717, 1.165) is 5.69 Å². The smallest absolute Gasteiger partial charge is 0.373 e. The van der Waals surface area contributed by atoms with E-state index in [1.54, 1.807) is 35.2 Å². The molecule has 1 saturated heterocycles. The molecule has 2 aromatic heterocycles. The Morgan fingerprint density at radius 1 is 1.07 bits per heavy atom. The highest BCUT2D eigenvalue weighted by Gasteiger charge is 2.44. The highest BCUT2D eigenvalue weighted by Crippen LogP contribution is 2.24. The van der Waals surface area contributed by atoms with Gasteiger partial charge in [0.15, 0.2) is 11.1 Å². The highest BCUT2D eigenvalue weighted by molar-refractivity contribution is 5.80. The van der Waals surface area contributed by atoms with Gasteiger partial charge < -0.3 is 29.9 Å². The first-order valence-corrected chi connectivity index (χ1v) is 12.0. The number of aromatic nitrogens is 4. The van der Waals surface area contributed by atoms with Crippen LogP contribution in [-0.2, 0) is 14.3 Å². The number of aryl methyl sites for hydroxylation is 1. The Labute approximate surface area is 226 Å². The zero-order valence-electron chi connectivity index (χ0n) is 21.1. The number of aliphatic hydroxyl groups excluding tert-OH is 4. The SMILES string of the molecule is Cc1nn(-c2ccccc2)c2ncn(/N=C\c3ccc(OC4OC(CO)C(O)C(O)C4O)cc3)c(=N)c12.O=C=O. The average molecular weight is 551 g/mol. The average Bonchev–Trinajstić information content (AvgIpc) is 3.31. The van der Waals surface area contributed by atoms with Crippen molar-refractivity contribution in [3.8, 4) is 11.4 Å². The fourth-order valence-corrected chi connectivity index (χ4v) is 4.09. The van der Waals surface area contributed by atoms with E-state index in [1.807, 2.05) is 37.3 Å². The van der Waals surface area contributed by atoms with Crippen LogP contribution in [0.4, 0.5) is 0 Å². The summed E-state index contributed by atoms with van der Waals surface area (Å²) >= 11 is 0. The van der Waals surface area contributed by atoms with Crippen LogP contribution in [0.15, 0.2) is 66.0 Å². The van der Waals surface area contributed by atoms with E-state index < -0.39 is 37.3 Å². The van der Waals surface area contributed by atoms with Crippen LogP contribution in [0.3, 0.4) is 0 Å². The van der Waals surface area contributed by atoms with E-state index in [1.165, 1.54) is 11.0 Å². The summed E-state index contributed by atoms with van der Waals surface area (Å²) in [6.45, 7) is 1.28. The fourth-order valence-electron chi connectivity index (χ4n) is 4.09. The number of nitrogens with zero attached hydrogens (tertiary/aromatic N) is 5. The van der Waals surface area contributed by atoms with Gasteiger partial charge >= 0.3 is 6.15 Å². The molecule has 14 heteroatoms. The number of para-hydroxylation sites is 1. The van der Waals surface area contributed by atoms with Gasteiger partial charge in [-0.15, -0.1) is 0 Å². The van der Waals surface area contributed by atoms with Gasteiger partial charge in [-0.2, -0.15) is 19.8 Å². The van der Waals surface area contributed by atoms with Crippen molar-refractivity contribution in [2.75, 3.05) is 6.61 Å². The van der Waals surface area contributed by atoms with Crippen molar-refractivity contribution in [3.63, 3.8) is 0 Å². The number of fused-ring (bicyclic) bond motifs is 1. The predicted molar refractivity (Wildman–Crippen MR) is 136 cm³/mol. The summed E-state index contributed by atoms with van der Waals surface area (Å²) in [7, 11) is 0. The molecule has 208 valence electrons. The molecule has 5 unspecified atom stereocenters. The number of hydrogen-bond acceptors (Lipinski definition) is 12. The van der Waals surface area contributed by atoms with Crippen LogP contribution >= 0.6 is 0 Å². The Morgan fingerprint density at radius 3 is 2.40 bits per heavy atom. The maximum absolute atomic E-state index is 10.1. The van der Waals surface area contributed by atoms with Crippen molar-refractivity contribution in [3.05, 3.63) is 77.7 Å². The van der Waals surface area contributed by atoms with Gasteiger partial charge in [0.25, 0.3) is 0 Å². The van der Waals surface area contributed by atoms with Crippen molar-refractivity contribution in [1.82, 2.24) is 19.4 Å². The number of carbonyl (C=O) groups excluding carboxylic acids is 2. The molecule has 1 aliphatic rings. The molecule has 0 amide bonds. The second-order valence-corrected chi connectivity index (χ2v) is 8.68. The quantitative estimate of drug-likeness (QED) is 0.194. The van der Waals surface area contributed by atoms with Crippen LogP contribution in [0, 0.1) is 12.3 Å². The van der Waals surface area contributed by atoms with E-state index in [9.17, 15) is 20.4 Å². The molecule has 0 saturated carbocycles. The summed E-state index contributed by atoms with van der Waals surface area (Å²) in [5, 5.41) is 57.4. The lowest BCUT2D eigenvalue weighted by molar-refractivity contribution is -0.277. The third-order valence-corrected chi connectivity index (χ3v) is 6.10. The van der Waals surface area contributed by atoms with Crippen LogP contribution in [-0.4, -0.2) is 89.5 Å². The number of benzene rings is 2. The Balaban J connectivity index is 0.00000118. The van der Waals surface area contributed by atoms with Gasteiger partial charge in [-0.3, -0.25) is 5.41 Å². The van der Waals surface area contributed by atoms with E-state index >= 15 is 0 Å². The molecule has 5 atom stereocenters. The molecule has 1 fully saturated rings. The maximum atomic E-state index is 10.1. The van der Waals surface area contributed by atoms with Gasteiger partial charge in [-0.05, 0) is 48.9 Å². The molecule has 40 heavy (non-hydrogen) atoms. The third-order valence-electron chi connectivity index (χ3n) is 6.10. The molecule has 5 N–H and O–H groups in total. The zero-order chi connectivity index (χ0) is 28.8. The summed E-state index contributed by atoms with van der Waals surface area (Å²) in [6, 6.07) is 16.2. The maximum Gasteiger partial charge on any atom is 0.373 e. The minimum absolute atomic E-state index is 0.142. The summed E-state index contributed by atoms with van der Waals surface area (Å²) in [6.07, 6.45) is -3.54. The van der Waals surface area contributed by atoms with Crippen molar-refractivity contribution < 1.29 is 39.5 Å². The number of hydrogen-bond donors (Lipinski definition) is 5. The Hall–Kier alpha value is -4.56. The van der Waals surface area contributed by atoms with E-state index in [2.05, 4.69) is 15.2 Å². The summed E-state index contributed by atoms with van der Waals surface area (Å²) in [4.78, 5) is 20.7. The second-order valence-electron chi connectivity index (χ2n) is 8.68. The molecule has 0 spiro atoms. The van der Waals surface area contributed by atoms with Crippen molar-refractivity contribution in [2.45, 2.75) is 37.6 Å². The van der Waals surface area contributed by atoms with Crippen LogP contribution in [0.2, 0.25) is 0 Å². The molecule has 1 aliphatic heterocycles. The number of nitrogens with one attached hydrogen (secondary N) is 1. The van der Waals surface area contributed by atoms with Crippen molar-refractivity contribution in [1.29, 1.82) is 5.41 Å². The zero-order valence-corrected chi connectivity index (χ0v) is 21.1. The highest BCUT2D eigenvalue weighted by atomic mass is 16.7. The van der Waals surface area contributed by atoms with Gasteiger partial charge in [-0.1, -0.05) is 18.2 Å². The molecular formula is C26H26N6O8. The second kappa shape index (κ2) is 12.5. The standard InChI is InChI=1S/C25H26N6O6.CO2/c1-14-19-23(26)30(13-27-24(19)31(29-14)16-5-3-2-4-6-16)28-11-15-7-9-17(10-8-15)36-25-22(35)21(34)20(33)18(12-32)37-25;2-1-3/h2-11,13,18,20-22,25-26,32-35H,12H2,1H3;/b26-23?,28-11-;. The number of aliphatic hydroxyl groups is 4. The fraction of sp³-hybridized carbons (Fsp3) is 0.269. The van der Waals surface area contributed by atoms with Crippen LogP contribution in [0.5, 0.6) is 5.75 Å². The lowest BCUT2D eigenvalue weighted by atomic mass is 9.99. The van der Waals surface area contributed by atoms with E-state index in [0.29, 0.717) is 28.0 Å². The Bertz CT molecular complexity index is 1560. The lowest BCUT2D eigenvalue weighted by Crippen LogP contribution is -2.60. The Morgan fingerprint density at radius 2 is 1.75 bits per heavy atom. The lowest BCUT2D eigenvalue weighted by Gasteiger charge is -2.39. The molecule has 0 radical (unpaired) electrons. The van der Waals surface area contributed by atoms with Gasteiger partial charge in [-0.25, -0.2) is 14.3 Å². The van der Waals surface area contributed by atoms with Gasteiger partial charge in [0.05, 0.1) is 29.6 Å². The Kier molecular flexibility index (Phi) is 8.91. The van der Waals surface area contributed by atoms with Crippen molar-refractivity contribution >= 4 is 23.4 Å². The number of rotatable bonds is 6. The normalized spacial score (nSPS) is 22.5. The molecule has 0 aliphatic carbocycles. The first-order chi connectivity index (χ1) is 19.3.